The van der Waals surface area contributed by atoms with E-state index in [1.54, 1.807) is 11.1 Å². The third-order valence-electron chi connectivity index (χ3n) is 5.07. The van der Waals surface area contributed by atoms with E-state index in [9.17, 15) is 9.90 Å². The molecule has 2 aliphatic heterocycles. The molecule has 0 saturated carbocycles. The van der Waals surface area contributed by atoms with Crippen molar-refractivity contribution in [1.29, 1.82) is 0 Å². The molecule has 2 atom stereocenters. The van der Waals surface area contributed by atoms with Gasteiger partial charge in [-0.1, -0.05) is 6.07 Å². The highest BCUT2D eigenvalue weighted by atomic mass is 16.5. The number of pyridine rings is 1. The summed E-state index contributed by atoms with van der Waals surface area (Å²) < 4.78 is 7.74. The van der Waals surface area contributed by atoms with Crippen molar-refractivity contribution in [1.82, 2.24) is 14.3 Å². The highest BCUT2D eigenvalue weighted by Gasteiger charge is 2.47. The number of ether oxygens (including phenoxy) is 1. The van der Waals surface area contributed by atoms with Crippen LogP contribution in [-0.4, -0.2) is 56.7 Å². The molecule has 2 saturated heterocycles. The first kappa shape index (κ1) is 14.7. The first-order valence-electron chi connectivity index (χ1n) is 8.15. The van der Waals surface area contributed by atoms with Gasteiger partial charge >= 0.3 is 0 Å². The molecular formula is C17H21N3O3. The number of amides is 1. The molecule has 0 radical (unpaired) electrons. The van der Waals surface area contributed by atoms with Gasteiger partial charge in [-0.05, 0) is 38.3 Å². The molecule has 122 valence electrons. The Balaban J connectivity index is 1.61. The van der Waals surface area contributed by atoms with Crippen LogP contribution in [0.5, 0.6) is 0 Å². The lowest BCUT2D eigenvalue weighted by Crippen LogP contribution is -2.57. The fourth-order valence-electron chi connectivity index (χ4n) is 3.74. The molecule has 6 heteroatoms. The lowest BCUT2D eigenvalue weighted by atomic mass is 9.87. The number of rotatable bonds is 1. The molecule has 2 fully saturated rings. The third-order valence-corrected chi connectivity index (χ3v) is 5.07. The van der Waals surface area contributed by atoms with Crippen LogP contribution < -0.4 is 0 Å². The average molecular weight is 315 g/mol. The van der Waals surface area contributed by atoms with Crippen molar-refractivity contribution in [3.05, 3.63) is 35.8 Å². The van der Waals surface area contributed by atoms with E-state index in [0.717, 1.165) is 24.2 Å². The summed E-state index contributed by atoms with van der Waals surface area (Å²) >= 11 is 0. The lowest BCUT2D eigenvalue weighted by molar-refractivity contribution is -0.124. The number of carbonyl (C=O) groups excluding carboxylic acids is 1. The molecule has 1 spiro atoms. The summed E-state index contributed by atoms with van der Waals surface area (Å²) in [5.74, 6) is -0.0881. The number of aromatic nitrogens is 2. The molecule has 4 heterocycles. The Morgan fingerprint density at radius 1 is 1.48 bits per heavy atom. The average Bonchev–Trinajstić information content (AvgIpc) is 3.18. The minimum Gasteiger partial charge on any atom is -0.390 e. The number of hydrogen-bond donors (Lipinski definition) is 1. The highest BCUT2D eigenvalue weighted by Crippen LogP contribution is 2.35. The van der Waals surface area contributed by atoms with Gasteiger partial charge in [0.2, 0.25) is 0 Å². The predicted molar refractivity (Wildman–Crippen MR) is 84.4 cm³/mol. The van der Waals surface area contributed by atoms with Crippen LogP contribution in [0.2, 0.25) is 0 Å². The van der Waals surface area contributed by atoms with E-state index < -0.39 is 11.7 Å². The summed E-state index contributed by atoms with van der Waals surface area (Å²) in [6.45, 7) is 3.63. The van der Waals surface area contributed by atoms with Gasteiger partial charge in [0, 0.05) is 25.0 Å². The largest absolute Gasteiger partial charge is 0.390 e. The number of aryl methyl sites for hydroxylation is 1. The summed E-state index contributed by atoms with van der Waals surface area (Å²) in [6, 6.07) is 5.82. The summed E-state index contributed by atoms with van der Waals surface area (Å²) in [5, 5.41) is 10.3. The van der Waals surface area contributed by atoms with Crippen molar-refractivity contribution in [3.63, 3.8) is 0 Å². The topological polar surface area (TPSA) is 67.1 Å². The Morgan fingerprint density at radius 2 is 2.35 bits per heavy atom. The SMILES string of the molecule is Cc1cccc2nc(C(=O)N3CC[C@H](O)[C@]4(CCCO4)C3)cn12. The second kappa shape index (κ2) is 5.32. The van der Waals surface area contributed by atoms with Crippen molar-refractivity contribution >= 4 is 11.6 Å². The minimum absolute atomic E-state index is 0.0881. The van der Waals surface area contributed by atoms with Crippen LogP contribution in [-0.2, 0) is 4.74 Å². The van der Waals surface area contributed by atoms with Crippen molar-refractivity contribution < 1.29 is 14.6 Å². The molecule has 23 heavy (non-hydrogen) atoms. The molecule has 2 aromatic rings. The summed E-state index contributed by atoms with van der Waals surface area (Å²) in [4.78, 5) is 19.1. The van der Waals surface area contributed by atoms with E-state index in [1.807, 2.05) is 29.5 Å². The molecule has 0 aliphatic carbocycles. The fourth-order valence-corrected chi connectivity index (χ4v) is 3.74. The predicted octanol–water partition coefficient (Wildman–Crippen LogP) is 1.40. The number of aliphatic hydroxyl groups is 1. The molecule has 6 nitrogen and oxygen atoms in total. The standard InChI is InChI=1S/C17H21N3O3/c1-12-4-2-5-15-18-13(10-20(12)15)16(22)19-8-6-14(21)17(11-19)7-3-9-23-17/h2,4-5,10,14,21H,3,6-9,11H2,1H3/t14-,17-/m0/s1. The van der Waals surface area contributed by atoms with E-state index in [4.69, 9.17) is 4.74 Å². The molecule has 4 rings (SSSR count). The second-order valence-corrected chi connectivity index (χ2v) is 6.57. The van der Waals surface area contributed by atoms with Crippen molar-refractivity contribution in [3.8, 4) is 0 Å². The van der Waals surface area contributed by atoms with Crippen LogP contribution in [0.15, 0.2) is 24.4 Å². The van der Waals surface area contributed by atoms with E-state index >= 15 is 0 Å². The zero-order valence-corrected chi connectivity index (χ0v) is 13.2. The highest BCUT2D eigenvalue weighted by molar-refractivity contribution is 5.93. The molecule has 0 aromatic carbocycles. The van der Waals surface area contributed by atoms with Crippen LogP contribution in [0.1, 0.15) is 35.4 Å². The van der Waals surface area contributed by atoms with Gasteiger partial charge in [-0.15, -0.1) is 0 Å². The Hall–Kier alpha value is -1.92. The summed E-state index contributed by atoms with van der Waals surface area (Å²) in [5.41, 5.74) is 1.68. The number of carbonyl (C=O) groups is 1. The number of imidazole rings is 1. The number of aliphatic hydroxyl groups excluding tert-OH is 1. The van der Waals surface area contributed by atoms with Gasteiger partial charge in [0.05, 0.1) is 12.6 Å². The van der Waals surface area contributed by atoms with Gasteiger partial charge in [-0.2, -0.15) is 0 Å². The fraction of sp³-hybridized carbons (Fsp3) is 0.529. The Bertz CT molecular complexity index is 749. The number of likely N-dealkylation sites (tertiary alicyclic amines) is 1. The lowest BCUT2D eigenvalue weighted by Gasteiger charge is -2.42. The maximum Gasteiger partial charge on any atom is 0.274 e. The van der Waals surface area contributed by atoms with E-state index in [2.05, 4.69) is 4.98 Å². The number of piperidine rings is 1. The normalized spacial score (nSPS) is 27.9. The Morgan fingerprint density at radius 3 is 3.09 bits per heavy atom. The van der Waals surface area contributed by atoms with Crippen LogP contribution in [0.25, 0.3) is 5.65 Å². The smallest absolute Gasteiger partial charge is 0.274 e. The molecule has 2 aromatic heterocycles. The Kier molecular flexibility index (Phi) is 3.39. The number of nitrogens with zero attached hydrogens (tertiary/aromatic N) is 3. The maximum absolute atomic E-state index is 12.8. The van der Waals surface area contributed by atoms with Crippen LogP contribution >= 0.6 is 0 Å². The number of fused-ring (bicyclic) bond motifs is 1. The molecular weight excluding hydrogens is 294 g/mol. The first-order valence-corrected chi connectivity index (χ1v) is 8.15. The van der Waals surface area contributed by atoms with Crippen molar-refractivity contribution in [2.45, 2.75) is 37.9 Å². The van der Waals surface area contributed by atoms with Crippen LogP contribution in [0.3, 0.4) is 0 Å². The van der Waals surface area contributed by atoms with Crippen LogP contribution in [0, 0.1) is 6.92 Å². The zero-order chi connectivity index (χ0) is 16.0. The van der Waals surface area contributed by atoms with Crippen LogP contribution in [0.4, 0.5) is 0 Å². The van der Waals surface area contributed by atoms with Gasteiger partial charge in [-0.25, -0.2) is 4.98 Å². The molecule has 2 aliphatic rings. The summed E-state index contributed by atoms with van der Waals surface area (Å²) in [7, 11) is 0. The molecule has 0 bridgehead atoms. The zero-order valence-electron chi connectivity index (χ0n) is 13.2. The van der Waals surface area contributed by atoms with Crippen molar-refractivity contribution in [2.75, 3.05) is 19.7 Å². The Labute approximate surface area is 134 Å². The van der Waals surface area contributed by atoms with Gasteiger partial charge < -0.3 is 19.1 Å². The van der Waals surface area contributed by atoms with E-state index in [0.29, 0.717) is 31.8 Å². The quantitative estimate of drug-likeness (QED) is 0.864. The van der Waals surface area contributed by atoms with Gasteiger partial charge in [0.25, 0.3) is 5.91 Å². The first-order chi connectivity index (χ1) is 11.1. The molecule has 0 unspecified atom stereocenters. The minimum atomic E-state index is -0.580. The maximum atomic E-state index is 12.8. The van der Waals surface area contributed by atoms with Gasteiger partial charge in [-0.3, -0.25) is 4.79 Å². The molecule has 1 N–H and O–H groups in total. The van der Waals surface area contributed by atoms with E-state index in [-0.39, 0.29) is 5.91 Å². The van der Waals surface area contributed by atoms with E-state index in [1.165, 1.54) is 0 Å². The molecule has 1 amide bonds. The van der Waals surface area contributed by atoms with Gasteiger partial charge in [0.1, 0.15) is 16.9 Å². The number of hydrogen-bond acceptors (Lipinski definition) is 4. The monoisotopic (exact) mass is 315 g/mol. The van der Waals surface area contributed by atoms with Gasteiger partial charge in [0.15, 0.2) is 0 Å². The second-order valence-electron chi connectivity index (χ2n) is 6.57. The third kappa shape index (κ3) is 2.33. The summed E-state index contributed by atoms with van der Waals surface area (Å²) in [6.07, 6.45) is 3.60. The van der Waals surface area contributed by atoms with Crippen molar-refractivity contribution in [2.24, 2.45) is 0 Å².